The number of hydrogen-bond acceptors (Lipinski definition) is 9. The van der Waals surface area contributed by atoms with Crippen LogP contribution >= 0.6 is 0 Å². The number of morpholine rings is 1. The molecule has 2 aliphatic rings. The van der Waals surface area contributed by atoms with Crippen molar-refractivity contribution in [2.24, 2.45) is 0 Å². The number of ether oxygens (including phenoxy) is 2. The number of rotatable bonds is 11. The van der Waals surface area contributed by atoms with Crippen molar-refractivity contribution < 1.29 is 19.1 Å². The van der Waals surface area contributed by atoms with Crippen molar-refractivity contribution in [3.05, 3.63) is 76.9 Å². The van der Waals surface area contributed by atoms with Crippen molar-refractivity contribution in [1.29, 1.82) is 0 Å². The lowest BCUT2D eigenvalue weighted by atomic mass is 10.1. The van der Waals surface area contributed by atoms with Crippen LogP contribution in [0.3, 0.4) is 0 Å². The Morgan fingerprint density at radius 1 is 0.846 bits per heavy atom. The third-order valence-electron chi connectivity index (χ3n) is 6.91. The smallest absolute Gasteiger partial charge is 0.230 e. The topological polar surface area (TPSA) is 110 Å². The molecule has 5 rings (SSSR count). The summed E-state index contributed by atoms with van der Waals surface area (Å²) in [5.41, 5.74) is 3.55. The highest BCUT2D eigenvalue weighted by molar-refractivity contribution is 6.05. The number of ketones is 1. The van der Waals surface area contributed by atoms with E-state index in [9.17, 15) is 9.59 Å². The van der Waals surface area contributed by atoms with Gasteiger partial charge in [-0.25, -0.2) is 4.98 Å². The fraction of sp³-hybridized carbons (Fsp3) is 0.414. The van der Waals surface area contributed by atoms with Gasteiger partial charge in [-0.1, -0.05) is 36.4 Å². The molecule has 2 aromatic carbocycles. The second-order valence-corrected chi connectivity index (χ2v) is 9.86. The van der Waals surface area contributed by atoms with E-state index in [-0.39, 0.29) is 31.2 Å². The second kappa shape index (κ2) is 12.8. The van der Waals surface area contributed by atoms with Crippen LogP contribution in [0.5, 0.6) is 5.75 Å². The predicted molar refractivity (Wildman–Crippen MR) is 145 cm³/mol. The van der Waals surface area contributed by atoms with Crippen LogP contribution in [0, 0.1) is 0 Å². The molecule has 0 saturated carbocycles. The Hall–Kier alpha value is -3.89. The standard InChI is InChI=1S/C29H34N6O4/c1-38-25-9-6-22(7-10-25)17-30-29-32-26(31-27(33-29)20-35-19-24(36)16-28(35)37)11-8-21-2-4-23(5-3-21)18-34-12-14-39-15-13-34/h2-7,9-10H,8,11-20H2,1H3,(H,30,31,32,33). The number of carbonyl (C=O) groups is 2. The number of Topliss-reactive ketones (excluding diaryl/α,β-unsaturated/α-hetero) is 1. The zero-order chi connectivity index (χ0) is 27.0. The molecule has 0 unspecified atom stereocenters. The molecular formula is C29H34N6O4. The Morgan fingerprint density at radius 2 is 1.54 bits per heavy atom. The fourth-order valence-electron chi connectivity index (χ4n) is 4.69. The lowest BCUT2D eigenvalue weighted by molar-refractivity contribution is -0.128. The molecular weight excluding hydrogens is 496 g/mol. The molecule has 3 aromatic rings. The average molecular weight is 531 g/mol. The quantitative estimate of drug-likeness (QED) is 0.374. The van der Waals surface area contributed by atoms with E-state index < -0.39 is 0 Å². The van der Waals surface area contributed by atoms with E-state index in [4.69, 9.17) is 9.47 Å². The molecule has 204 valence electrons. The first-order valence-electron chi connectivity index (χ1n) is 13.3. The van der Waals surface area contributed by atoms with Gasteiger partial charge < -0.3 is 19.7 Å². The Balaban J connectivity index is 1.25. The zero-order valence-corrected chi connectivity index (χ0v) is 22.3. The number of carbonyl (C=O) groups excluding carboxylic acids is 2. The molecule has 0 spiro atoms. The van der Waals surface area contributed by atoms with Gasteiger partial charge in [-0.05, 0) is 35.2 Å². The van der Waals surface area contributed by atoms with Crippen LogP contribution in [0.4, 0.5) is 5.95 Å². The van der Waals surface area contributed by atoms with Crippen LogP contribution in [0.15, 0.2) is 48.5 Å². The summed E-state index contributed by atoms with van der Waals surface area (Å²) in [7, 11) is 1.64. The second-order valence-electron chi connectivity index (χ2n) is 9.86. The SMILES string of the molecule is COc1ccc(CNc2nc(CCc3ccc(CN4CCOCC4)cc3)nc(CN3CC(=O)CC3=O)n2)cc1. The zero-order valence-electron chi connectivity index (χ0n) is 22.3. The van der Waals surface area contributed by atoms with Gasteiger partial charge in [-0.3, -0.25) is 14.5 Å². The van der Waals surface area contributed by atoms with E-state index in [1.165, 1.54) is 16.0 Å². The van der Waals surface area contributed by atoms with Crippen LogP contribution < -0.4 is 10.1 Å². The van der Waals surface area contributed by atoms with Gasteiger partial charge in [-0.2, -0.15) is 9.97 Å². The summed E-state index contributed by atoms with van der Waals surface area (Å²) in [6, 6.07) is 16.5. The van der Waals surface area contributed by atoms with Crippen molar-refractivity contribution in [2.45, 2.75) is 38.9 Å². The van der Waals surface area contributed by atoms with E-state index in [1.54, 1.807) is 7.11 Å². The molecule has 0 atom stereocenters. The van der Waals surface area contributed by atoms with E-state index in [0.29, 0.717) is 30.6 Å². The molecule has 2 fully saturated rings. The molecule has 0 bridgehead atoms. The molecule has 1 amide bonds. The van der Waals surface area contributed by atoms with Gasteiger partial charge in [0.25, 0.3) is 0 Å². The Bertz CT molecular complexity index is 1280. The molecule has 2 saturated heterocycles. The number of anilines is 1. The number of benzene rings is 2. The fourth-order valence-corrected chi connectivity index (χ4v) is 4.69. The number of aromatic nitrogens is 3. The Kier molecular flexibility index (Phi) is 8.75. The van der Waals surface area contributed by atoms with Gasteiger partial charge in [0.15, 0.2) is 11.6 Å². The summed E-state index contributed by atoms with van der Waals surface area (Å²) in [4.78, 5) is 41.7. The monoisotopic (exact) mass is 530 g/mol. The molecule has 3 heterocycles. The average Bonchev–Trinajstić information content (AvgIpc) is 3.28. The maximum Gasteiger partial charge on any atom is 0.230 e. The number of amides is 1. The number of nitrogens with zero attached hydrogens (tertiary/aromatic N) is 5. The maximum absolute atomic E-state index is 12.2. The molecule has 10 nitrogen and oxygen atoms in total. The third-order valence-corrected chi connectivity index (χ3v) is 6.91. The van der Waals surface area contributed by atoms with E-state index in [1.807, 2.05) is 24.3 Å². The van der Waals surface area contributed by atoms with Crippen molar-refractivity contribution in [1.82, 2.24) is 24.8 Å². The minimum Gasteiger partial charge on any atom is -0.497 e. The van der Waals surface area contributed by atoms with Crippen molar-refractivity contribution in [2.75, 3.05) is 45.3 Å². The number of likely N-dealkylation sites (tertiary alicyclic amines) is 1. The summed E-state index contributed by atoms with van der Waals surface area (Å²) in [6.45, 7) is 5.28. The molecule has 2 aliphatic heterocycles. The van der Waals surface area contributed by atoms with Gasteiger partial charge in [0.1, 0.15) is 11.6 Å². The summed E-state index contributed by atoms with van der Waals surface area (Å²) in [6.07, 6.45) is 1.35. The number of methoxy groups -OCH3 is 1. The first-order chi connectivity index (χ1) is 19.0. The Labute approximate surface area is 228 Å². The van der Waals surface area contributed by atoms with E-state index in [2.05, 4.69) is 49.4 Å². The lowest BCUT2D eigenvalue weighted by Gasteiger charge is -2.26. The largest absolute Gasteiger partial charge is 0.497 e. The third kappa shape index (κ3) is 7.58. The highest BCUT2D eigenvalue weighted by Gasteiger charge is 2.28. The minimum atomic E-state index is -0.188. The molecule has 10 heteroatoms. The summed E-state index contributed by atoms with van der Waals surface area (Å²) < 4.78 is 10.7. The number of hydrogen-bond donors (Lipinski definition) is 1. The Morgan fingerprint density at radius 3 is 2.23 bits per heavy atom. The van der Waals surface area contributed by atoms with Gasteiger partial charge in [0, 0.05) is 32.6 Å². The van der Waals surface area contributed by atoms with Crippen LogP contribution in [0.1, 0.15) is 34.8 Å². The summed E-state index contributed by atoms with van der Waals surface area (Å²) >= 11 is 0. The maximum atomic E-state index is 12.2. The highest BCUT2D eigenvalue weighted by Crippen LogP contribution is 2.16. The van der Waals surface area contributed by atoms with Gasteiger partial charge in [0.2, 0.25) is 11.9 Å². The van der Waals surface area contributed by atoms with Crippen molar-refractivity contribution >= 4 is 17.6 Å². The molecule has 1 N–H and O–H groups in total. The van der Waals surface area contributed by atoms with Gasteiger partial charge >= 0.3 is 0 Å². The summed E-state index contributed by atoms with van der Waals surface area (Å²) in [5, 5.41) is 3.28. The predicted octanol–water partition coefficient (Wildman–Crippen LogP) is 2.41. The number of aryl methyl sites for hydroxylation is 2. The van der Waals surface area contributed by atoms with Gasteiger partial charge in [-0.15, -0.1) is 0 Å². The normalized spacial score (nSPS) is 16.1. The molecule has 1 aromatic heterocycles. The molecule has 0 radical (unpaired) electrons. The number of nitrogens with one attached hydrogen (secondary N) is 1. The van der Waals surface area contributed by atoms with Crippen LogP contribution in [-0.2, 0) is 46.8 Å². The lowest BCUT2D eigenvalue weighted by Crippen LogP contribution is -2.35. The minimum absolute atomic E-state index is 0.0535. The van der Waals surface area contributed by atoms with E-state index >= 15 is 0 Å². The van der Waals surface area contributed by atoms with Crippen LogP contribution in [0.2, 0.25) is 0 Å². The van der Waals surface area contributed by atoms with Gasteiger partial charge in [0.05, 0.1) is 39.8 Å². The first-order valence-corrected chi connectivity index (χ1v) is 13.3. The molecule has 0 aliphatic carbocycles. The van der Waals surface area contributed by atoms with E-state index in [0.717, 1.165) is 50.6 Å². The highest BCUT2D eigenvalue weighted by atomic mass is 16.5. The van der Waals surface area contributed by atoms with Crippen LogP contribution in [-0.4, -0.2) is 76.4 Å². The van der Waals surface area contributed by atoms with Crippen molar-refractivity contribution in [3.63, 3.8) is 0 Å². The first kappa shape index (κ1) is 26.7. The summed E-state index contributed by atoms with van der Waals surface area (Å²) in [5.74, 6) is 2.09. The van der Waals surface area contributed by atoms with Crippen LogP contribution in [0.25, 0.3) is 0 Å². The molecule has 39 heavy (non-hydrogen) atoms. The van der Waals surface area contributed by atoms with Crippen molar-refractivity contribution in [3.8, 4) is 5.75 Å².